The SMILES string of the molecule is N#Cc1cccc(Br)c1O. The second-order valence-electron chi connectivity index (χ2n) is 1.75. The maximum Gasteiger partial charge on any atom is 0.147 e. The predicted octanol–water partition coefficient (Wildman–Crippen LogP) is 2.03. The first kappa shape index (κ1) is 7.10. The van der Waals surface area contributed by atoms with Crippen LogP contribution in [-0.2, 0) is 0 Å². The van der Waals surface area contributed by atoms with Crippen molar-refractivity contribution in [2.24, 2.45) is 0 Å². The van der Waals surface area contributed by atoms with Crippen LogP contribution in [0.25, 0.3) is 0 Å². The Morgan fingerprint density at radius 1 is 1.50 bits per heavy atom. The van der Waals surface area contributed by atoms with Crippen LogP contribution in [0.3, 0.4) is 0 Å². The molecule has 0 bridgehead atoms. The number of halogens is 1. The molecular formula is C7H4BrNO. The average Bonchev–Trinajstić information content (AvgIpc) is 1.95. The molecular weight excluding hydrogens is 194 g/mol. The maximum absolute atomic E-state index is 9.13. The molecule has 2 nitrogen and oxygen atoms in total. The summed E-state index contributed by atoms with van der Waals surface area (Å²) in [6, 6.07) is 6.79. The van der Waals surface area contributed by atoms with Crippen molar-refractivity contribution in [3.05, 3.63) is 28.2 Å². The summed E-state index contributed by atoms with van der Waals surface area (Å²) in [6.07, 6.45) is 0. The highest BCUT2D eigenvalue weighted by atomic mass is 79.9. The predicted molar refractivity (Wildman–Crippen MR) is 40.5 cm³/mol. The molecule has 1 rings (SSSR count). The van der Waals surface area contributed by atoms with Crippen molar-refractivity contribution < 1.29 is 5.11 Å². The van der Waals surface area contributed by atoms with Crippen molar-refractivity contribution in [1.82, 2.24) is 0 Å². The first-order chi connectivity index (χ1) is 4.75. The molecule has 1 N–H and O–H groups in total. The summed E-state index contributed by atoms with van der Waals surface area (Å²) < 4.78 is 0.548. The molecule has 0 fully saturated rings. The minimum atomic E-state index is 0.00463. The van der Waals surface area contributed by atoms with Gasteiger partial charge in [-0.1, -0.05) is 6.07 Å². The number of hydrogen-bond donors (Lipinski definition) is 1. The lowest BCUT2D eigenvalue weighted by atomic mass is 10.2. The molecule has 0 saturated carbocycles. The van der Waals surface area contributed by atoms with E-state index in [9.17, 15) is 0 Å². The van der Waals surface area contributed by atoms with Gasteiger partial charge in [-0.2, -0.15) is 5.26 Å². The van der Waals surface area contributed by atoms with Crippen LogP contribution < -0.4 is 0 Å². The number of para-hydroxylation sites is 1. The summed E-state index contributed by atoms with van der Waals surface area (Å²) >= 11 is 3.09. The Balaban J connectivity index is 3.31. The van der Waals surface area contributed by atoms with E-state index in [0.717, 1.165) is 0 Å². The van der Waals surface area contributed by atoms with Crippen molar-refractivity contribution in [2.45, 2.75) is 0 Å². The molecule has 50 valence electrons. The molecule has 0 amide bonds. The van der Waals surface area contributed by atoms with Crippen molar-refractivity contribution in [1.29, 1.82) is 5.26 Å². The zero-order valence-electron chi connectivity index (χ0n) is 5.00. The van der Waals surface area contributed by atoms with Gasteiger partial charge in [0.25, 0.3) is 0 Å². The highest BCUT2D eigenvalue weighted by Gasteiger charge is 2.01. The molecule has 0 saturated heterocycles. The Morgan fingerprint density at radius 3 is 2.70 bits per heavy atom. The number of nitrogens with zero attached hydrogens (tertiary/aromatic N) is 1. The van der Waals surface area contributed by atoms with Gasteiger partial charge in [-0.15, -0.1) is 0 Å². The Morgan fingerprint density at radius 2 is 2.20 bits per heavy atom. The third-order valence-corrected chi connectivity index (χ3v) is 1.75. The fraction of sp³-hybridized carbons (Fsp3) is 0. The van der Waals surface area contributed by atoms with Crippen LogP contribution in [-0.4, -0.2) is 5.11 Å². The molecule has 0 heterocycles. The Bertz CT molecular complexity index is 290. The van der Waals surface area contributed by atoms with E-state index in [0.29, 0.717) is 4.47 Å². The van der Waals surface area contributed by atoms with Gasteiger partial charge in [0.05, 0.1) is 10.0 Å². The fourth-order valence-corrected chi connectivity index (χ4v) is 0.972. The Kier molecular flexibility index (Phi) is 1.93. The summed E-state index contributed by atoms with van der Waals surface area (Å²) in [7, 11) is 0. The van der Waals surface area contributed by atoms with Crippen molar-refractivity contribution in [3.8, 4) is 11.8 Å². The number of hydrogen-bond acceptors (Lipinski definition) is 2. The van der Waals surface area contributed by atoms with Gasteiger partial charge in [0.15, 0.2) is 0 Å². The maximum atomic E-state index is 9.13. The lowest BCUT2D eigenvalue weighted by Gasteiger charge is -1.95. The van der Waals surface area contributed by atoms with E-state index in [-0.39, 0.29) is 11.3 Å². The molecule has 0 aliphatic rings. The third-order valence-electron chi connectivity index (χ3n) is 1.11. The lowest BCUT2D eigenvalue weighted by Crippen LogP contribution is -1.75. The Labute approximate surface area is 66.9 Å². The van der Waals surface area contributed by atoms with Gasteiger partial charge in [-0.25, -0.2) is 0 Å². The van der Waals surface area contributed by atoms with Crippen LogP contribution >= 0.6 is 15.9 Å². The van der Waals surface area contributed by atoms with Crippen LogP contribution in [0.5, 0.6) is 5.75 Å². The van der Waals surface area contributed by atoms with Gasteiger partial charge in [0.1, 0.15) is 11.8 Å². The molecule has 3 heteroatoms. The molecule has 0 spiro atoms. The largest absolute Gasteiger partial charge is 0.505 e. The van der Waals surface area contributed by atoms with Gasteiger partial charge in [-0.3, -0.25) is 0 Å². The van der Waals surface area contributed by atoms with Crippen LogP contribution in [0, 0.1) is 11.3 Å². The standard InChI is InChI=1S/C7H4BrNO/c8-6-3-1-2-5(4-9)7(6)10/h1-3,10H. The molecule has 0 atom stereocenters. The summed E-state index contributed by atoms with van der Waals surface area (Å²) in [4.78, 5) is 0. The monoisotopic (exact) mass is 197 g/mol. The van der Waals surface area contributed by atoms with Gasteiger partial charge in [-0.05, 0) is 28.1 Å². The zero-order valence-corrected chi connectivity index (χ0v) is 6.59. The van der Waals surface area contributed by atoms with Crippen LogP contribution in [0.15, 0.2) is 22.7 Å². The minimum Gasteiger partial charge on any atom is -0.505 e. The topological polar surface area (TPSA) is 44.0 Å². The average molecular weight is 198 g/mol. The Hall–Kier alpha value is -1.01. The van der Waals surface area contributed by atoms with E-state index >= 15 is 0 Å². The van der Waals surface area contributed by atoms with Crippen LogP contribution in [0.2, 0.25) is 0 Å². The van der Waals surface area contributed by atoms with Gasteiger partial charge in [0, 0.05) is 0 Å². The van der Waals surface area contributed by atoms with Crippen molar-refractivity contribution >= 4 is 15.9 Å². The van der Waals surface area contributed by atoms with E-state index in [1.54, 1.807) is 18.2 Å². The number of phenols is 1. The lowest BCUT2D eigenvalue weighted by molar-refractivity contribution is 0.470. The highest BCUT2D eigenvalue weighted by molar-refractivity contribution is 9.10. The minimum absolute atomic E-state index is 0.00463. The van der Waals surface area contributed by atoms with Crippen LogP contribution in [0.1, 0.15) is 5.56 Å². The van der Waals surface area contributed by atoms with E-state index in [1.807, 2.05) is 6.07 Å². The summed E-state index contributed by atoms with van der Waals surface area (Å²) in [6.45, 7) is 0. The van der Waals surface area contributed by atoms with E-state index in [2.05, 4.69) is 15.9 Å². The molecule has 0 unspecified atom stereocenters. The smallest absolute Gasteiger partial charge is 0.147 e. The molecule has 0 aliphatic heterocycles. The third kappa shape index (κ3) is 1.12. The second-order valence-corrected chi connectivity index (χ2v) is 2.60. The number of rotatable bonds is 0. The quantitative estimate of drug-likeness (QED) is 0.692. The van der Waals surface area contributed by atoms with Gasteiger partial charge in [0.2, 0.25) is 0 Å². The summed E-state index contributed by atoms with van der Waals surface area (Å²) in [5.41, 5.74) is 0.286. The molecule has 1 aromatic rings. The summed E-state index contributed by atoms with van der Waals surface area (Å²) in [5.74, 6) is 0.00463. The number of aromatic hydroxyl groups is 1. The first-order valence-electron chi connectivity index (χ1n) is 2.63. The van der Waals surface area contributed by atoms with E-state index < -0.39 is 0 Å². The number of benzene rings is 1. The zero-order chi connectivity index (χ0) is 7.56. The fourth-order valence-electron chi connectivity index (χ4n) is 0.606. The van der Waals surface area contributed by atoms with Gasteiger partial charge >= 0.3 is 0 Å². The molecule has 0 aromatic heterocycles. The molecule has 1 aromatic carbocycles. The van der Waals surface area contributed by atoms with E-state index in [4.69, 9.17) is 10.4 Å². The van der Waals surface area contributed by atoms with Crippen molar-refractivity contribution in [2.75, 3.05) is 0 Å². The highest BCUT2D eigenvalue weighted by Crippen LogP contribution is 2.26. The second kappa shape index (κ2) is 2.72. The van der Waals surface area contributed by atoms with Gasteiger partial charge < -0.3 is 5.11 Å². The molecule has 10 heavy (non-hydrogen) atoms. The van der Waals surface area contributed by atoms with E-state index in [1.165, 1.54) is 0 Å². The number of nitriles is 1. The van der Waals surface area contributed by atoms with Crippen LogP contribution in [0.4, 0.5) is 0 Å². The normalized spacial score (nSPS) is 8.80. The van der Waals surface area contributed by atoms with Crippen molar-refractivity contribution in [3.63, 3.8) is 0 Å². The number of phenolic OH excluding ortho intramolecular Hbond substituents is 1. The molecule has 0 radical (unpaired) electrons. The first-order valence-corrected chi connectivity index (χ1v) is 3.42. The molecule has 0 aliphatic carbocycles. The summed E-state index contributed by atoms with van der Waals surface area (Å²) in [5, 5.41) is 17.5.